The minimum Gasteiger partial charge on any atom is -0.345 e. The predicted octanol–water partition coefficient (Wildman–Crippen LogP) is 2.84. The molecule has 2 aromatic rings. The first-order valence-corrected chi connectivity index (χ1v) is 6.52. The van der Waals surface area contributed by atoms with Crippen molar-refractivity contribution in [1.29, 1.82) is 5.41 Å². The van der Waals surface area contributed by atoms with Gasteiger partial charge in [-0.2, -0.15) is 0 Å². The number of nitrogens with two attached hydrogens (primary N) is 1. The number of nitrogens with zero attached hydrogens (tertiary/aromatic N) is 1. The number of aromatic nitrogens is 1. The molecule has 0 spiro atoms. The fraction of sp³-hybridized carbons (Fsp3) is 0.0769. The van der Waals surface area contributed by atoms with Crippen molar-refractivity contribution in [2.45, 2.75) is 6.54 Å². The van der Waals surface area contributed by atoms with Crippen LogP contribution in [0.4, 0.5) is 10.2 Å². The van der Waals surface area contributed by atoms with Crippen molar-refractivity contribution in [1.82, 2.24) is 4.98 Å². The predicted molar refractivity (Wildman–Crippen MR) is 76.8 cm³/mol. The molecule has 0 aliphatic heterocycles. The van der Waals surface area contributed by atoms with Crippen LogP contribution >= 0.6 is 11.3 Å². The smallest absolute Gasteiger partial charge is 0.140 e. The lowest BCUT2D eigenvalue weighted by atomic mass is 10.0. The molecule has 6 heteroatoms. The van der Waals surface area contributed by atoms with Crippen molar-refractivity contribution in [3.05, 3.63) is 52.2 Å². The van der Waals surface area contributed by atoms with E-state index in [1.807, 2.05) is 5.38 Å². The number of thiazole rings is 1. The normalized spacial score (nSPS) is 11.4. The summed E-state index contributed by atoms with van der Waals surface area (Å²) in [7, 11) is 0. The summed E-state index contributed by atoms with van der Waals surface area (Å²) in [5.74, 6) is 0.333. The number of hydrogen-bond acceptors (Lipinski definition) is 5. The third kappa shape index (κ3) is 3.46. The Bertz CT molecular complexity index is 593. The molecule has 1 heterocycles. The molecule has 19 heavy (non-hydrogen) atoms. The van der Waals surface area contributed by atoms with Gasteiger partial charge >= 0.3 is 0 Å². The summed E-state index contributed by atoms with van der Waals surface area (Å²) in [6.07, 6.45) is 2.78. The molecule has 0 radical (unpaired) electrons. The van der Waals surface area contributed by atoms with Crippen LogP contribution in [-0.4, -0.2) is 11.2 Å². The summed E-state index contributed by atoms with van der Waals surface area (Å²) in [4.78, 5) is 4.06. The van der Waals surface area contributed by atoms with Crippen molar-refractivity contribution in [2.24, 2.45) is 5.73 Å². The van der Waals surface area contributed by atoms with Crippen LogP contribution in [0.25, 0.3) is 5.57 Å². The summed E-state index contributed by atoms with van der Waals surface area (Å²) in [5, 5.41) is 12.2. The van der Waals surface area contributed by atoms with E-state index >= 15 is 0 Å². The first-order chi connectivity index (χ1) is 9.22. The lowest BCUT2D eigenvalue weighted by molar-refractivity contribution is 0.625. The van der Waals surface area contributed by atoms with Gasteiger partial charge in [0.2, 0.25) is 0 Å². The number of benzene rings is 1. The van der Waals surface area contributed by atoms with Gasteiger partial charge in [-0.25, -0.2) is 9.37 Å². The molecule has 0 aliphatic rings. The van der Waals surface area contributed by atoms with E-state index in [2.05, 4.69) is 10.3 Å². The number of hydrogen-bond donors (Lipinski definition) is 3. The molecule has 1 aromatic heterocycles. The summed E-state index contributed by atoms with van der Waals surface area (Å²) in [6, 6.07) is 4.53. The van der Waals surface area contributed by atoms with Crippen LogP contribution < -0.4 is 11.1 Å². The van der Waals surface area contributed by atoms with Crippen molar-refractivity contribution >= 4 is 28.9 Å². The Hall–Kier alpha value is -2.05. The van der Waals surface area contributed by atoms with Crippen LogP contribution in [0.3, 0.4) is 0 Å². The van der Waals surface area contributed by atoms with Crippen LogP contribution in [0.1, 0.15) is 11.1 Å². The van der Waals surface area contributed by atoms with Gasteiger partial charge in [-0.3, -0.25) is 0 Å². The average Bonchev–Trinajstić information content (AvgIpc) is 2.92. The number of allylic oxidation sites excluding steroid dienone is 1. The maximum Gasteiger partial charge on any atom is 0.140 e. The Kier molecular flexibility index (Phi) is 4.38. The Morgan fingerprint density at radius 1 is 1.47 bits per heavy atom. The minimum atomic E-state index is -0.362. The lowest BCUT2D eigenvalue weighted by Gasteiger charge is -2.06. The Morgan fingerprint density at radius 3 is 2.95 bits per heavy atom. The van der Waals surface area contributed by atoms with Gasteiger partial charge in [-0.05, 0) is 29.3 Å². The van der Waals surface area contributed by atoms with E-state index in [1.54, 1.807) is 17.8 Å². The van der Waals surface area contributed by atoms with Gasteiger partial charge in [-0.15, -0.1) is 11.3 Å². The van der Waals surface area contributed by atoms with Gasteiger partial charge in [0.25, 0.3) is 0 Å². The zero-order chi connectivity index (χ0) is 13.7. The van der Waals surface area contributed by atoms with Gasteiger partial charge in [0.05, 0.1) is 5.51 Å². The molecular weight excluding hydrogens is 263 g/mol. The first kappa shape index (κ1) is 13.4. The van der Waals surface area contributed by atoms with Gasteiger partial charge in [0.15, 0.2) is 0 Å². The lowest BCUT2D eigenvalue weighted by Crippen LogP contribution is -2.00. The molecule has 0 aliphatic carbocycles. The van der Waals surface area contributed by atoms with Crippen molar-refractivity contribution in [2.75, 3.05) is 5.32 Å². The van der Waals surface area contributed by atoms with Crippen molar-refractivity contribution in [3.8, 4) is 0 Å². The molecular formula is C13H13FN4S. The highest BCUT2D eigenvalue weighted by Crippen LogP contribution is 2.17. The molecule has 0 atom stereocenters. The van der Waals surface area contributed by atoms with E-state index in [4.69, 9.17) is 11.1 Å². The SMILES string of the molecule is N=C/C(=C\Nc1cscn1)c1cc(F)cc(CN)c1. The highest BCUT2D eigenvalue weighted by atomic mass is 32.1. The topological polar surface area (TPSA) is 74.8 Å². The maximum atomic E-state index is 13.4. The second-order valence-electron chi connectivity index (χ2n) is 3.81. The zero-order valence-electron chi connectivity index (χ0n) is 10.1. The zero-order valence-corrected chi connectivity index (χ0v) is 10.9. The average molecular weight is 276 g/mol. The molecule has 4 N–H and O–H groups in total. The van der Waals surface area contributed by atoms with E-state index in [-0.39, 0.29) is 12.4 Å². The molecule has 0 fully saturated rings. The number of anilines is 1. The summed E-state index contributed by atoms with van der Waals surface area (Å²) in [5.41, 5.74) is 9.07. The second-order valence-corrected chi connectivity index (χ2v) is 4.53. The Balaban J connectivity index is 2.28. The standard InChI is InChI=1S/C13H13FN4S/c14-12-2-9(4-15)1-10(3-12)11(5-16)6-17-13-7-19-8-18-13/h1-3,5-8,16-17H,4,15H2/b11-6+,16-5?. The van der Waals surface area contributed by atoms with Crippen molar-refractivity contribution < 1.29 is 4.39 Å². The Labute approximate surface area is 114 Å². The van der Waals surface area contributed by atoms with Crippen LogP contribution in [0.15, 0.2) is 35.3 Å². The minimum absolute atomic E-state index is 0.259. The molecule has 0 saturated carbocycles. The van der Waals surface area contributed by atoms with E-state index in [0.717, 1.165) is 6.21 Å². The molecule has 2 rings (SSSR count). The number of rotatable bonds is 5. The summed E-state index contributed by atoms with van der Waals surface area (Å²) >= 11 is 1.47. The van der Waals surface area contributed by atoms with E-state index in [0.29, 0.717) is 22.5 Å². The Morgan fingerprint density at radius 2 is 2.32 bits per heavy atom. The molecule has 0 unspecified atom stereocenters. The molecule has 0 bridgehead atoms. The van der Waals surface area contributed by atoms with Crippen LogP contribution in [-0.2, 0) is 6.54 Å². The van der Waals surface area contributed by atoms with Crippen molar-refractivity contribution in [3.63, 3.8) is 0 Å². The number of nitrogens with one attached hydrogen (secondary N) is 2. The highest BCUT2D eigenvalue weighted by Gasteiger charge is 2.04. The van der Waals surface area contributed by atoms with Gasteiger partial charge in [0, 0.05) is 29.9 Å². The van der Waals surface area contributed by atoms with Gasteiger partial charge in [0.1, 0.15) is 11.6 Å². The second kappa shape index (κ2) is 6.21. The van der Waals surface area contributed by atoms with Crippen LogP contribution in [0.2, 0.25) is 0 Å². The highest BCUT2D eigenvalue weighted by molar-refractivity contribution is 7.07. The summed E-state index contributed by atoms with van der Waals surface area (Å²) < 4.78 is 13.4. The van der Waals surface area contributed by atoms with Crippen LogP contribution in [0.5, 0.6) is 0 Å². The molecule has 1 aromatic carbocycles. The third-order valence-electron chi connectivity index (χ3n) is 2.49. The number of halogens is 1. The quantitative estimate of drug-likeness (QED) is 0.735. The molecule has 0 amide bonds. The first-order valence-electron chi connectivity index (χ1n) is 5.58. The maximum absolute atomic E-state index is 13.4. The van der Waals surface area contributed by atoms with E-state index in [9.17, 15) is 4.39 Å². The van der Waals surface area contributed by atoms with Gasteiger partial charge in [-0.1, -0.05) is 0 Å². The largest absolute Gasteiger partial charge is 0.345 e. The fourth-order valence-electron chi connectivity index (χ4n) is 1.58. The molecule has 0 saturated heterocycles. The monoisotopic (exact) mass is 276 g/mol. The third-order valence-corrected chi connectivity index (χ3v) is 3.08. The van der Waals surface area contributed by atoms with Gasteiger partial charge < -0.3 is 16.5 Å². The van der Waals surface area contributed by atoms with E-state index < -0.39 is 0 Å². The fourth-order valence-corrected chi connectivity index (χ4v) is 2.07. The van der Waals surface area contributed by atoms with Crippen LogP contribution in [0, 0.1) is 11.2 Å². The molecule has 4 nitrogen and oxygen atoms in total. The van der Waals surface area contributed by atoms with E-state index in [1.165, 1.54) is 23.5 Å². The summed E-state index contributed by atoms with van der Waals surface area (Å²) in [6.45, 7) is 0.259. The molecule has 98 valence electrons.